The molecular formula is C13H19N5. The molecule has 2 aromatic heterocycles. The average Bonchev–Trinajstić information content (AvgIpc) is 2.75. The standard InChI is InChI=1S/C13H19N5/c1-9-12(5-6-14-3)10(2)17-13(16-9)11-7-15-18(4)8-11/h7-8,14H,5-6H2,1-4H3. The van der Waals surface area contributed by atoms with Gasteiger partial charge in [0.05, 0.1) is 11.8 Å². The molecule has 5 heteroatoms. The summed E-state index contributed by atoms with van der Waals surface area (Å²) in [7, 11) is 3.85. The topological polar surface area (TPSA) is 55.6 Å². The molecular weight excluding hydrogens is 226 g/mol. The largest absolute Gasteiger partial charge is 0.319 e. The van der Waals surface area contributed by atoms with Crippen LogP contribution in [0, 0.1) is 13.8 Å². The summed E-state index contributed by atoms with van der Waals surface area (Å²) in [6.07, 6.45) is 4.68. The quantitative estimate of drug-likeness (QED) is 0.881. The highest BCUT2D eigenvalue weighted by Crippen LogP contribution is 2.18. The highest BCUT2D eigenvalue weighted by atomic mass is 15.2. The van der Waals surface area contributed by atoms with Gasteiger partial charge in [-0.1, -0.05) is 0 Å². The zero-order valence-corrected chi connectivity index (χ0v) is 11.4. The van der Waals surface area contributed by atoms with E-state index in [1.54, 1.807) is 10.9 Å². The SMILES string of the molecule is CNCCc1c(C)nc(-c2cnn(C)c2)nc1C. The Morgan fingerprint density at radius 1 is 1.22 bits per heavy atom. The van der Waals surface area contributed by atoms with Crippen molar-refractivity contribution in [3.8, 4) is 11.4 Å². The van der Waals surface area contributed by atoms with E-state index in [1.165, 1.54) is 5.56 Å². The molecule has 0 aliphatic rings. The van der Waals surface area contributed by atoms with Gasteiger partial charge in [-0.3, -0.25) is 4.68 Å². The lowest BCUT2D eigenvalue weighted by Gasteiger charge is -2.09. The normalized spacial score (nSPS) is 10.9. The number of rotatable bonds is 4. The van der Waals surface area contributed by atoms with E-state index in [0.717, 1.165) is 35.7 Å². The lowest BCUT2D eigenvalue weighted by Crippen LogP contribution is -2.13. The van der Waals surface area contributed by atoms with Crippen molar-refractivity contribution in [3.63, 3.8) is 0 Å². The van der Waals surface area contributed by atoms with Crippen LogP contribution in [0.1, 0.15) is 17.0 Å². The highest BCUT2D eigenvalue weighted by Gasteiger charge is 2.10. The third-order valence-corrected chi connectivity index (χ3v) is 3.01. The van der Waals surface area contributed by atoms with Crippen LogP contribution >= 0.6 is 0 Å². The van der Waals surface area contributed by atoms with Crippen molar-refractivity contribution in [2.24, 2.45) is 7.05 Å². The van der Waals surface area contributed by atoms with Crippen molar-refractivity contribution in [1.82, 2.24) is 25.1 Å². The molecule has 0 saturated carbocycles. The zero-order chi connectivity index (χ0) is 13.1. The lowest BCUT2D eigenvalue weighted by atomic mass is 10.1. The fraction of sp³-hybridized carbons (Fsp3) is 0.462. The van der Waals surface area contributed by atoms with Crippen LogP contribution < -0.4 is 5.32 Å². The van der Waals surface area contributed by atoms with Gasteiger partial charge in [-0.25, -0.2) is 9.97 Å². The zero-order valence-electron chi connectivity index (χ0n) is 11.4. The first-order chi connectivity index (χ1) is 8.61. The van der Waals surface area contributed by atoms with E-state index in [0.29, 0.717) is 0 Å². The van der Waals surface area contributed by atoms with Gasteiger partial charge in [-0.15, -0.1) is 0 Å². The molecule has 0 aromatic carbocycles. The predicted octanol–water partition coefficient (Wildman–Crippen LogP) is 1.26. The summed E-state index contributed by atoms with van der Waals surface area (Å²) in [5.74, 6) is 0.756. The number of nitrogens with zero attached hydrogens (tertiary/aromatic N) is 4. The van der Waals surface area contributed by atoms with E-state index in [4.69, 9.17) is 0 Å². The molecule has 5 nitrogen and oxygen atoms in total. The fourth-order valence-corrected chi connectivity index (χ4v) is 2.02. The molecule has 96 valence electrons. The maximum absolute atomic E-state index is 4.58. The molecule has 0 aliphatic heterocycles. The number of aromatic nitrogens is 4. The predicted molar refractivity (Wildman–Crippen MR) is 71.3 cm³/mol. The second-order valence-electron chi connectivity index (χ2n) is 4.45. The highest BCUT2D eigenvalue weighted by molar-refractivity contribution is 5.53. The number of likely N-dealkylation sites (N-methyl/N-ethyl adjacent to an activating group) is 1. The van der Waals surface area contributed by atoms with Gasteiger partial charge < -0.3 is 5.32 Å². The fourth-order valence-electron chi connectivity index (χ4n) is 2.02. The van der Waals surface area contributed by atoms with Crippen LogP contribution in [0.4, 0.5) is 0 Å². The van der Waals surface area contributed by atoms with Gasteiger partial charge in [0.25, 0.3) is 0 Å². The van der Waals surface area contributed by atoms with E-state index < -0.39 is 0 Å². The van der Waals surface area contributed by atoms with Crippen LogP contribution in [0.2, 0.25) is 0 Å². The summed E-state index contributed by atoms with van der Waals surface area (Å²) in [5.41, 5.74) is 4.30. The van der Waals surface area contributed by atoms with Crippen molar-refractivity contribution < 1.29 is 0 Å². The Morgan fingerprint density at radius 3 is 2.39 bits per heavy atom. The van der Waals surface area contributed by atoms with Crippen LogP contribution in [0.25, 0.3) is 11.4 Å². The van der Waals surface area contributed by atoms with Crippen LogP contribution in [0.3, 0.4) is 0 Å². The lowest BCUT2D eigenvalue weighted by molar-refractivity contribution is 0.767. The Hall–Kier alpha value is -1.75. The molecule has 0 atom stereocenters. The Morgan fingerprint density at radius 2 is 1.89 bits per heavy atom. The average molecular weight is 245 g/mol. The number of hydrogen-bond acceptors (Lipinski definition) is 4. The molecule has 0 aliphatic carbocycles. The summed E-state index contributed by atoms with van der Waals surface area (Å²) < 4.78 is 1.76. The van der Waals surface area contributed by atoms with Crippen LogP contribution in [0.5, 0.6) is 0 Å². The molecule has 0 spiro atoms. The second-order valence-corrected chi connectivity index (χ2v) is 4.45. The third-order valence-electron chi connectivity index (χ3n) is 3.01. The summed E-state index contributed by atoms with van der Waals surface area (Å²) in [5, 5.41) is 7.30. The third kappa shape index (κ3) is 2.56. The van der Waals surface area contributed by atoms with E-state index in [9.17, 15) is 0 Å². The Labute approximate surface area is 107 Å². The molecule has 0 bridgehead atoms. The van der Waals surface area contributed by atoms with E-state index >= 15 is 0 Å². The summed E-state index contributed by atoms with van der Waals surface area (Å²) >= 11 is 0. The molecule has 0 unspecified atom stereocenters. The van der Waals surface area contributed by atoms with Gasteiger partial charge in [0.1, 0.15) is 0 Å². The van der Waals surface area contributed by atoms with Crippen LogP contribution in [0.15, 0.2) is 12.4 Å². The Bertz CT molecular complexity index is 521. The minimum Gasteiger partial charge on any atom is -0.319 e. The maximum Gasteiger partial charge on any atom is 0.162 e. The minimum atomic E-state index is 0.756. The van der Waals surface area contributed by atoms with Crippen molar-refractivity contribution in [1.29, 1.82) is 0 Å². The van der Waals surface area contributed by atoms with Gasteiger partial charge in [0.15, 0.2) is 5.82 Å². The molecule has 0 radical (unpaired) electrons. The minimum absolute atomic E-state index is 0.756. The second kappa shape index (κ2) is 5.27. The number of aryl methyl sites for hydroxylation is 3. The number of nitrogens with one attached hydrogen (secondary N) is 1. The number of hydrogen-bond donors (Lipinski definition) is 1. The molecule has 0 saturated heterocycles. The van der Waals surface area contributed by atoms with Crippen molar-refractivity contribution in [2.45, 2.75) is 20.3 Å². The first-order valence-corrected chi connectivity index (χ1v) is 6.09. The molecule has 2 aromatic rings. The van der Waals surface area contributed by atoms with Crippen LogP contribution in [-0.2, 0) is 13.5 Å². The van der Waals surface area contributed by atoms with E-state index in [1.807, 2.05) is 34.1 Å². The van der Waals surface area contributed by atoms with Crippen molar-refractivity contribution in [3.05, 3.63) is 29.3 Å². The van der Waals surface area contributed by atoms with Gasteiger partial charge in [-0.2, -0.15) is 5.10 Å². The maximum atomic E-state index is 4.58. The molecule has 2 rings (SSSR count). The molecule has 2 heterocycles. The van der Waals surface area contributed by atoms with Crippen molar-refractivity contribution >= 4 is 0 Å². The molecule has 0 fully saturated rings. The molecule has 0 amide bonds. The summed E-state index contributed by atoms with van der Waals surface area (Å²) in [4.78, 5) is 9.16. The molecule has 1 N–H and O–H groups in total. The summed E-state index contributed by atoms with van der Waals surface area (Å²) in [6, 6.07) is 0. The van der Waals surface area contributed by atoms with E-state index in [2.05, 4.69) is 20.4 Å². The Kier molecular flexibility index (Phi) is 3.72. The molecule has 18 heavy (non-hydrogen) atoms. The monoisotopic (exact) mass is 245 g/mol. The van der Waals surface area contributed by atoms with Gasteiger partial charge in [0, 0.05) is 24.6 Å². The van der Waals surface area contributed by atoms with Gasteiger partial charge in [0.2, 0.25) is 0 Å². The first-order valence-electron chi connectivity index (χ1n) is 6.09. The van der Waals surface area contributed by atoms with Crippen LogP contribution in [-0.4, -0.2) is 33.3 Å². The Balaban J connectivity index is 2.36. The van der Waals surface area contributed by atoms with Gasteiger partial charge >= 0.3 is 0 Å². The summed E-state index contributed by atoms with van der Waals surface area (Å²) in [6.45, 7) is 5.02. The van der Waals surface area contributed by atoms with Crippen molar-refractivity contribution in [2.75, 3.05) is 13.6 Å². The first kappa shape index (κ1) is 12.7. The van der Waals surface area contributed by atoms with E-state index in [-0.39, 0.29) is 0 Å². The van der Waals surface area contributed by atoms with Gasteiger partial charge in [-0.05, 0) is 39.4 Å². The smallest absolute Gasteiger partial charge is 0.162 e.